The number of methoxy groups -OCH3 is 1. The number of carbonyl (C=O) groups is 2. The number of amides is 1. The second kappa shape index (κ2) is 7.94. The van der Waals surface area contributed by atoms with Gasteiger partial charge in [0, 0.05) is 20.2 Å². The summed E-state index contributed by atoms with van der Waals surface area (Å²) in [6.07, 6.45) is 0. The van der Waals surface area contributed by atoms with Crippen LogP contribution in [0.2, 0.25) is 0 Å². The van der Waals surface area contributed by atoms with Crippen LogP contribution < -0.4 is 25.0 Å². The molecule has 2 aromatic rings. The number of ether oxygens (including phenoxy) is 2. The fourth-order valence-electron chi connectivity index (χ4n) is 3.23. The maximum Gasteiger partial charge on any atom is 0.252 e. The molecule has 0 spiro atoms. The average molecular weight is 392 g/mol. The number of nitrogens with two attached hydrogens (primary N) is 1. The molecule has 0 atom stereocenters. The monoisotopic (exact) mass is 392 g/mol. The Balaban J connectivity index is 1.89. The Morgan fingerprint density at radius 2 is 1.72 bits per heavy atom. The summed E-state index contributed by atoms with van der Waals surface area (Å²) in [5.74, 6) is -0.194. The number of fused-ring (bicyclic) bond motifs is 1. The van der Waals surface area contributed by atoms with Crippen molar-refractivity contribution in [2.75, 3.05) is 37.6 Å². The van der Waals surface area contributed by atoms with Gasteiger partial charge in [-0.2, -0.15) is 5.26 Å². The van der Waals surface area contributed by atoms with Crippen LogP contribution >= 0.6 is 0 Å². The largest absolute Gasteiger partial charge is 0.497 e. The van der Waals surface area contributed by atoms with Gasteiger partial charge in [-0.05, 0) is 24.3 Å². The van der Waals surface area contributed by atoms with Crippen molar-refractivity contribution in [3.63, 3.8) is 0 Å². The van der Waals surface area contributed by atoms with Crippen molar-refractivity contribution in [2.45, 2.75) is 0 Å². The Hall–Kier alpha value is -3.99. The van der Waals surface area contributed by atoms with Crippen LogP contribution in [0.15, 0.2) is 53.9 Å². The summed E-state index contributed by atoms with van der Waals surface area (Å²) in [6.45, 7) is -0.433. The highest BCUT2D eigenvalue weighted by Gasteiger charge is 2.31. The summed E-state index contributed by atoms with van der Waals surface area (Å²) in [4.78, 5) is 28.0. The van der Waals surface area contributed by atoms with Gasteiger partial charge in [0.1, 0.15) is 29.0 Å². The van der Waals surface area contributed by atoms with E-state index in [4.69, 9.17) is 15.2 Å². The number of nitriles is 1. The van der Waals surface area contributed by atoms with Crippen molar-refractivity contribution in [3.05, 3.63) is 59.4 Å². The van der Waals surface area contributed by atoms with Gasteiger partial charge in [0.05, 0.1) is 24.0 Å². The number of ketones is 1. The zero-order valence-electron chi connectivity index (χ0n) is 16.3. The van der Waals surface area contributed by atoms with Crippen molar-refractivity contribution in [3.8, 4) is 17.6 Å². The molecule has 8 heteroatoms. The Bertz CT molecular complexity index is 1020. The van der Waals surface area contributed by atoms with Crippen LogP contribution in [0.1, 0.15) is 10.4 Å². The molecule has 0 radical (unpaired) electrons. The zero-order chi connectivity index (χ0) is 21.1. The molecule has 0 saturated carbocycles. The van der Waals surface area contributed by atoms with E-state index in [9.17, 15) is 14.9 Å². The van der Waals surface area contributed by atoms with E-state index in [0.29, 0.717) is 11.6 Å². The predicted octanol–water partition coefficient (Wildman–Crippen LogP) is 2.06. The van der Waals surface area contributed by atoms with Gasteiger partial charge >= 0.3 is 0 Å². The van der Waals surface area contributed by atoms with Gasteiger partial charge in [-0.1, -0.05) is 12.1 Å². The maximum absolute atomic E-state index is 12.8. The number of Topliss-reactive ketones (excluding diaryl/α,β-unsaturated/α-hetero) is 1. The van der Waals surface area contributed by atoms with Gasteiger partial charge < -0.3 is 25.0 Å². The number of hydrogen-bond donors (Lipinski definition) is 1. The van der Waals surface area contributed by atoms with Crippen LogP contribution in [0.4, 0.5) is 11.4 Å². The molecule has 8 nitrogen and oxygen atoms in total. The number of anilines is 2. The normalized spacial score (nSPS) is 12.3. The standard InChI is InChI=1S/C21H20N4O4/c1-24-16-6-4-5-7-17(16)25(2)21(24)15(11-22)18(26)12-29-19-10-13(28-3)8-9-14(19)20(23)27/h4-10H,12H2,1-3H3,(H2,23,27). The quantitative estimate of drug-likeness (QED) is 0.592. The molecular formula is C21H20N4O4. The maximum atomic E-state index is 12.8. The van der Waals surface area contributed by atoms with E-state index in [1.807, 2.05) is 30.3 Å². The molecule has 2 N–H and O–H groups in total. The minimum atomic E-state index is -0.695. The lowest BCUT2D eigenvalue weighted by Crippen LogP contribution is -2.28. The second-order valence-corrected chi connectivity index (χ2v) is 6.36. The summed E-state index contributed by atoms with van der Waals surface area (Å²) < 4.78 is 10.7. The Labute approximate surface area is 168 Å². The van der Waals surface area contributed by atoms with Gasteiger partial charge in [0.25, 0.3) is 5.91 Å². The second-order valence-electron chi connectivity index (χ2n) is 6.36. The van der Waals surface area contributed by atoms with Gasteiger partial charge in [-0.25, -0.2) is 0 Å². The van der Waals surface area contributed by atoms with Crippen molar-refractivity contribution >= 4 is 23.1 Å². The van der Waals surface area contributed by atoms with Crippen LogP contribution in [-0.2, 0) is 4.79 Å². The van der Waals surface area contributed by atoms with Crippen LogP contribution in [-0.4, -0.2) is 39.5 Å². The predicted molar refractivity (Wildman–Crippen MR) is 108 cm³/mol. The summed E-state index contributed by atoms with van der Waals surface area (Å²) in [7, 11) is 5.04. The van der Waals surface area contributed by atoms with E-state index in [1.165, 1.54) is 19.2 Å². The molecule has 148 valence electrons. The van der Waals surface area contributed by atoms with Crippen LogP contribution in [0.25, 0.3) is 0 Å². The number of hydrogen-bond acceptors (Lipinski definition) is 7. The summed E-state index contributed by atoms with van der Waals surface area (Å²) in [5, 5.41) is 9.66. The minimum absolute atomic E-state index is 0.0466. The van der Waals surface area contributed by atoms with Gasteiger partial charge in [0.15, 0.2) is 6.61 Å². The molecule has 1 heterocycles. The molecule has 3 rings (SSSR count). The first-order valence-electron chi connectivity index (χ1n) is 8.73. The number of nitrogens with zero attached hydrogens (tertiary/aromatic N) is 3. The lowest BCUT2D eigenvalue weighted by molar-refractivity contribution is -0.117. The summed E-state index contributed by atoms with van der Waals surface area (Å²) in [6, 6.07) is 14.1. The number of rotatable bonds is 6. The number of carbonyl (C=O) groups excluding carboxylic acids is 2. The molecule has 0 aliphatic carbocycles. The highest BCUT2D eigenvalue weighted by Crippen LogP contribution is 2.40. The van der Waals surface area contributed by atoms with Gasteiger partial charge in [0.2, 0.25) is 5.78 Å². The first kappa shape index (κ1) is 19.8. The van der Waals surface area contributed by atoms with E-state index >= 15 is 0 Å². The smallest absolute Gasteiger partial charge is 0.252 e. The number of benzene rings is 2. The number of primary amides is 1. The third-order valence-electron chi connectivity index (χ3n) is 4.67. The molecular weight excluding hydrogens is 372 g/mol. The van der Waals surface area contributed by atoms with E-state index < -0.39 is 18.3 Å². The third kappa shape index (κ3) is 3.58. The average Bonchev–Trinajstić information content (AvgIpc) is 2.98. The molecule has 0 aromatic heterocycles. The Kier molecular flexibility index (Phi) is 5.41. The molecule has 0 unspecified atom stereocenters. The third-order valence-corrected chi connectivity index (χ3v) is 4.67. The molecule has 1 amide bonds. The molecule has 0 bridgehead atoms. The van der Waals surface area contributed by atoms with Crippen LogP contribution in [0, 0.1) is 11.3 Å². The fraction of sp³-hybridized carbons (Fsp3) is 0.190. The Morgan fingerprint density at radius 3 is 2.24 bits per heavy atom. The van der Waals surface area contributed by atoms with Crippen LogP contribution in [0.3, 0.4) is 0 Å². The molecule has 2 aromatic carbocycles. The molecule has 1 aliphatic heterocycles. The summed E-state index contributed by atoms with van der Waals surface area (Å²) in [5.41, 5.74) is 7.20. The molecule has 0 saturated heterocycles. The molecule has 1 aliphatic rings. The van der Waals surface area contributed by atoms with E-state index in [1.54, 1.807) is 30.0 Å². The lowest BCUT2D eigenvalue weighted by Gasteiger charge is -2.20. The summed E-state index contributed by atoms with van der Waals surface area (Å²) >= 11 is 0. The highest BCUT2D eigenvalue weighted by atomic mass is 16.5. The van der Waals surface area contributed by atoms with E-state index in [2.05, 4.69) is 0 Å². The lowest BCUT2D eigenvalue weighted by atomic mass is 10.1. The van der Waals surface area contributed by atoms with Gasteiger partial charge in [-0.15, -0.1) is 0 Å². The fourth-order valence-corrected chi connectivity index (χ4v) is 3.23. The Morgan fingerprint density at radius 1 is 1.10 bits per heavy atom. The van der Waals surface area contributed by atoms with Crippen molar-refractivity contribution in [2.24, 2.45) is 5.73 Å². The highest BCUT2D eigenvalue weighted by molar-refractivity contribution is 6.03. The van der Waals surface area contributed by atoms with Crippen molar-refractivity contribution < 1.29 is 19.1 Å². The van der Waals surface area contributed by atoms with Crippen LogP contribution in [0.5, 0.6) is 11.5 Å². The zero-order valence-corrected chi connectivity index (χ0v) is 16.3. The minimum Gasteiger partial charge on any atom is -0.497 e. The van der Waals surface area contributed by atoms with Gasteiger partial charge in [-0.3, -0.25) is 9.59 Å². The van der Waals surface area contributed by atoms with E-state index in [0.717, 1.165) is 11.4 Å². The first-order chi connectivity index (χ1) is 13.9. The van der Waals surface area contributed by atoms with Crippen molar-refractivity contribution in [1.29, 1.82) is 5.26 Å². The number of para-hydroxylation sites is 2. The SMILES string of the molecule is COc1ccc(C(N)=O)c(OCC(=O)C(C#N)=C2N(C)c3ccccc3N2C)c1. The molecule has 29 heavy (non-hydrogen) atoms. The first-order valence-corrected chi connectivity index (χ1v) is 8.73. The topological polar surface area (TPSA) is 109 Å². The van der Waals surface area contributed by atoms with Crippen molar-refractivity contribution in [1.82, 2.24) is 0 Å². The van der Waals surface area contributed by atoms with E-state index in [-0.39, 0.29) is 16.9 Å². The molecule has 0 fully saturated rings.